The van der Waals surface area contributed by atoms with E-state index in [9.17, 15) is 30.7 Å². The lowest BCUT2D eigenvalue weighted by Crippen LogP contribution is -2.26. The van der Waals surface area contributed by atoms with Crippen LogP contribution in [-0.2, 0) is 24.0 Å². The largest absolute Gasteiger partial charge is 0.755 e. The van der Waals surface area contributed by atoms with Gasteiger partial charge in [0.25, 0.3) is 0 Å². The number of thiocarbonyl (C=S) groups is 1. The zero-order chi connectivity index (χ0) is 25.9. The molecule has 3 rings (SSSR count). The number of nitrogens with zero attached hydrogens (tertiary/aromatic N) is 2. The first-order valence-electron chi connectivity index (χ1n) is 10.1. The summed E-state index contributed by atoms with van der Waals surface area (Å²) in [7, 11) is 1.20. The molecule has 186 valence electrons. The standard InChI is InChI=1S/C23H20F5N3O2S2/c1-13(15-5-9-19(18(25)11-15)31(2)35(32)33)22(34)29-12-16-6-10-20(23(26,27)28)30-21(16)14-3-7-17(24)8-4-14/h3-11,13H,12H2,1-2H3,(H,29,34)(H,32,33)/p-1. The zero-order valence-electron chi connectivity index (χ0n) is 18.4. The third kappa shape index (κ3) is 6.38. The molecule has 1 heterocycles. The number of hydrogen-bond acceptors (Lipinski definition) is 4. The van der Waals surface area contributed by atoms with Gasteiger partial charge in [-0.15, -0.1) is 0 Å². The highest BCUT2D eigenvalue weighted by molar-refractivity contribution is 7.80. The Kier molecular flexibility index (Phi) is 8.18. The Balaban J connectivity index is 1.82. The van der Waals surface area contributed by atoms with Crippen LogP contribution in [0.15, 0.2) is 54.6 Å². The van der Waals surface area contributed by atoms with Crippen molar-refractivity contribution >= 4 is 34.2 Å². The normalized spacial score (nSPS) is 13.3. The molecule has 0 aliphatic heterocycles. The second kappa shape index (κ2) is 10.8. The number of alkyl halides is 3. The van der Waals surface area contributed by atoms with E-state index in [1.165, 1.54) is 43.4 Å². The zero-order valence-corrected chi connectivity index (χ0v) is 20.0. The molecular formula is C23H19F5N3O2S2-. The van der Waals surface area contributed by atoms with Crippen molar-refractivity contribution in [3.63, 3.8) is 0 Å². The van der Waals surface area contributed by atoms with Crippen LogP contribution in [0, 0.1) is 11.6 Å². The van der Waals surface area contributed by atoms with Crippen molar-refractivity contribution in [2.24, 2.45) is 0 Å². The number of rotatable bonds is 7. The van der Waals surface area contributed by atoms with Crippen LogP contribution in [-0.4, -0.2) is 25.8 Å². The number of aromatic nitrogens is 1. The van der Waals surface area contributed by atoms with Gasteiger partial charge in [0.15, 0.2) is 0 Å². The number of anilines is 1. The Hall–Kier alpha value is -2.96. The van der Waals surface area contributed by atoms with Crippen LogP contribution >= 0.6 is 12.2 Å². The molecule has 0 spiro atoms. The summed E-state index contributed by atoms with van der Waals surface area (Å²) >= 11 is 2.76. The Labute approximate surface area is 206 Å². The van der Waals surface area contributed by atoms with Crippen LogP contribution in [0.25, 0.3) is 11.3 Å². The van der Waals surface area contributed by atoms with Crippen molar-refractivity contribution < 1.29 is 30.7 Å². The van der Waals surface area contributed by atoms with Crippen LogP contribution in [0.4, 0.5) is 27.6 Å². The molecule has 0 saturated heterocycles. The lowest BCUT2D eigenvalue weighted by atomic mass is 10.00. The fourth-order valence-electron chi connectivity index (χ4n) is 3.26. The smallest absolute Gasteiger partial charge is 0.433 e. The number of pyridine rings is 1. The van der Waals surface area contributed by atoms with E-state index < -0.39 is 40.7 Å². The van der Waals surface area contributed by atoms with Gasteiger partial charge in [-0.25, -0.2) is 13.8 Å². The molecule has 12 heteroatoms. The van der Waals surface area contributed by atoms with Crippen molar-refractivity contribution in [1.29, 1.82) is 0 Å². The van der Waals surface area contributed by atoms with E-state index in [0.29, 0.717) is 16.7 Å². The summed E-state index contributed by atoms with van der Waals surface area (Å²) in [6, 6.07) is 11.0. The molecule has 1 aromatic heterocycles. The molecule has 2 atom stereocenters. The summed E-state index contributed by atoms with van der Waals surface area (Å²) in [5.74, 6) is -1.79. The van der Waals surface area contributed by atoms with E-state index >= 15 is 0 Å². The molecule has 0 bridgehead atoms. The maximum atomic E-state index is 14.4. The first-order chi connectivity index (χ1) is 16.4. The van der Waals surface area contributed by atoms with E-state index in [0.717, 1.165) is 22.5 Å². The van der Waals surface area contributed by atoms with Crippen LogP contribution in [0.3, 0.4) is 0 Å². The van der Waals surface area contributed by atoms with Gasteiger partial charge < -0.3 is 14.2 Å². The predicted octanol–water partition coefficient (Wildman–Crippen LogP) is 5.50. The van der Waals surface area contributed by atoms with Gasteiger partial charge in [0, 0.05) is 36.3 Å². The summed E-state index contributed by atoms with van der Waals surface area (Å²) in [5, 5.41) is 2.96. The first kappa shape index (κ1) is 26.6. The minimum atomic E-state index is -4.66. The fraction of sp³-hybridized carbons (Fsp3) is 0.217. The summed E-state index contributed by atoms with van der Waals surface area (Å²) in [5.41, 5.74) is -0.0417. The topological polar surface area (TPSA) is 68.3 Å². The number of hydrogen-bond donors (Lipinski definition) is 1. The SMILES string of the molecule is CC(C(=S)NCc1ccc(C(F)(F)F)nc1-c1ccc(F)cc1)c1ccc(N(C)S(=O)[O-])c(F)c1. The molecule has 5 nitrogen and oxygen atoms in total. The first-order valence-corrected chi connectivity index (χ1v) is 11.6. The molecule has 0 saturated carbocycles. The number of halogens is 5. The van der Waals surface area contributed by atoms with Crippen molar-refractivity contribution in [2.75, 3.05) is 11.4 Å². The van der Waals surface area contributed by atoms with Crippen molar-refractivity contribution in [3.8, 4) is 11.3 Å². The summed E-state index contributed by atoms with van der Waals surface area (Å²) in [6.07, 6.45) is -4.66. The van der Waals surface area contributed by atoms with Gasteiger partial charge in [0.1, 0.15) is 17.3 Å². The molecule has 0 aliphatic carbocycles. The average Bonchev–Trinajstić information content (AvgIpc) is 2.81. The number of benzene rings is 2. The van der Waals surface area contributed by atoms with E-state index in [2.05, 4.69) is 10.3 Å². The fourth-order valence-corrected chi connectivity index (χ4v) is 3.78. The summed E-state index contributed by atoms with van der Waals surface area (Å²) in [4.78, 5) is 4.02. The van der Waals surface area contributed by atoms with E-state index in [1.807, 2.05) is 0 Å². The highest BCUT2D eigenvalue weighted by Crippen LogP contribution is 2.32. The van der Waals surface area contributed by atoms with Crippen molar-refractivity contribution in [2.45, 2.75) is 25.6 Å². The van der Waals surface area contributed by atoms with Gasteiger partial charge in [-0.1, -0.05) is 31.3 Å². The lowest BCUT2D eigenvalue weighted by Gasteiger charge is -2.23. The van der Waals surface area contributed by atoms with Crippen molar-refractivity contribution in [1.82, 2.24) is 10.3 Å². The Morgan fingerprint density at radius 3 is 2.37 bits per heavy atom. The molecule has 0 radical (unpaired) electrons. The minimum absolute atomic E-state index is 0.0134. The second-order valence-corrected chi connectivity index (χ2v) is 9.00. The molecule has 1 N–H and O–H groups in total. The molecule has 2 aromatic carbocycles. The third-order valence-corrected chi connectivity index (χ3v) is 6.41. The van der Waals surface area contributed by atoms with Crippen LogP contribution in [0.2, 0.25) is 0 Å². The van der Waals surface area contributed by atoms with Gasteiger partial charge in [-0.2, -0.15) is 13.2 Å². The Morgan fingerprint density at radius 1 is 1.14 bits per heavy atom. The number of nitrogens with one attached hydrogen (secondary N) is 1. The summed E-state index contributed by atoms with van der Waals surface area (Å²) in [6.45, 7) is 1.71. The molecular weight excluding hydrogens is 509 g/mol. The monoisotopic (exact) mass is 528 g/mol. The highest BCUT2D eigenvalue weighted by Gasteiger charge is 2.33. The minimum Gasteiger partial charge on any atom is -0.755 e. The maximum Gasteiger partial charge on any atom is 0.433 e. The quantitative estimate of drug-likeness (QED) is 0.249. The second-order valence-electron chi connectivity index (χ2n) is 7.57. The van der Waals surface area contributed by atoms with Gasteiger partial charge in [-0.3, -0.25) is 4.21 Å². The van der Waals surface area contributed by atoms with Gasteiger partial charge in [-0.05, 0) is 53.6 Å². The highest BCUT2D eigenvalue weighted by atomic mass is 32.2. The van der Waals surface area contributed by atoms with Gasteiger partial charge in [0.05, 0.1) is 16.4 Å². The molecule has 2 unspecified atom stereocenters. The average molecular weight is 529 g/mol. The maximum absolute atomic E-state index is 14.4. The van der Waals surface area contributed by atoms with E-state index in [-0.39, 0.29) is 22.9 Å². The molecule has 0 aliphatic rings. The molecule has 0 amide bonds. The van der Waals surface area contributed by atoms with Gasteiger partial charge >= 0.3 is 6.18 Å². The predicted molar refractivity (Wildman–Crippen MR) is 126 cm³/mol. The Morgan fingerprint density at radius 2 is 1.80 bits per heavy atom. The van der Waals surface area contributed by atoms with Crippen LogP contribution in [0.1, 0.15) is 29.7 Å². The third-order valence-electron chi connectivity index (χ3n) is 5.27. The molecule has 3 aromatic rings. The molecule has 35 heavy (non-hydrogen) atoms. The van der Waals surface area contributed by atoms with Gasteiger partial charge in [0.2, 0.25) is 0 Å². The van der Waals surface area contributed by atoms with Crippen LogP contribution < -0.4 is 9.62 Å². The Bertz CT molecular complexity index is 1250. The van der Waals surface area contributed by atoms with E-state index in [4.69, 9.17) is 12.2 Å². The molecule has 0 fully saturated rings. The lowest BCUT2D eigenvalue weighted by molar-refractivity contribution is -0.141. The van der Waals surface area contributed by atoms with Crippen LogP contribution in [0.5, 0.6) is 0 Å². The van der Waals surface area contributed by atoms with Crippen molar-refractivity contribution in [3.05, 3.63) is 83.1 Å². The van der Waals surface area contributed by atoms with E-state index in [1.54, 1.807) is 6.92 Å². The summed E-state index contributed by atoms with van der Waals surface area (Å²) < 4.78 is 90.3.